The summed E-state index contributed by atoms with van der Waals surface area (Å²) in [4.78, 5) is 34.0. The number of carbonyl (C=O) groups is 2. The molecule has 0 aliphatic carbocycles. The fraction of sp³-hybridized carbons (Fsp3) is 0.182. The van der Waals surface area contributed by atoms with Crippen LogP contribution in [0.4, 0.5) is 0 Å². The summed E-state index contributed by atoms with van der Waals surface area (Å²) in [5.74, 6) is -1.13. The van der Waals surface area contributed by atoms with Gasteiger partial charge in [0.1, 0.15) is 11.8 Å². The summed E-state index contributed by atoms with van der Waals surface area (Å²) in [6, 6.07) is 25.6. The first kappa shape index (κ1) is 26.3. The minimum Gasteiger partial charge on any atom is -0.507 e. The average Bonchev–Trinajstić information content (AvgIpc) is 3.62. The van der Waals surface area contributed by atoms with Crippen LogP contribution >= 0.6 is 0 Å². The van der Waals surface area contributed by atoms with Crippen LogP contribution in [0.2, 0.25) is 0 Å². The molecular formula is C33H29N3O5. The standard InChI is InChI=1S/C33H29N3O5/c37-31(36-19-25(17-30(36)33(39)40)41-20-22-5-2-1-3-6-22)15-21-9-11-23(12-10-21)26-7-4-8-27(32(26)38)29-16-24-18-34-14-13-28(24)35-29/h1-14,16,18,25,30,35,38H,15,17,19-20H2,(H,39,40). The van der Waals surface area contributed by atoms with Crippen LogP contribution in [-0.4, -0.2) is 55.6 Å². The summed E-state index contributed by atoms with van der Waals surface area (Å²) in [5, 5.41) is 21.9. The predicted octanol–water partition coefficient (Wildman–Crippen LogP) is 5.42. The predicted molar refractivity (Wildman–Crippen MR) is 155 cm³/mol. The molecule has 206 valence electrons. The van der Waals surface area contributed by atoms with Crippen LogP contribution in [0.1, 0.15) is 17.5 Å². The molecule has 6 rings (SSSR count). The molecule has 0 bridgehead atoms. The monoisotopic (exact) mass is 547 g/mol. The lowest BCUT2D eigenvalue weighted by Crippen LogP contribution is -2.41. The number of para-hydroxylation sites is 1. The Morgan fingerprint density at radius 1 is 0.951 bits per heavy atom. The van der Waals surface area contributed by atoms with Gasteiger partial charge in [-0.25, -0.2) is 4.79 Å². The fourth-order valence-corrected chi connectivity index (χ4v) is 5.41. The zero-order valence-electron chi connectivity index (χ0n) is 22.2. The number of fused-ring (bicyclic) bond motifs is 1. The Bertz CT molecular complexity index is 1660. The molecule has 1 saturated heterocycles. The van der Waals surface area contributed by atoms with E-state index < -0.39 is 12.0 Å². The van der Waals surface area contributed by atoms with Gasteiger partial charge in [0.25, 0.3) is 0 Å². The van der Waals surface area contributed by atoms with Gasteiger partial charge in [-0.15, -0.1) is 0 Å². The normalized spacial score (nSPS) is 16.7. The number of phenolic OH excluding ortho intramolecular Hbond substituents is 1. The van der Waals surface area contributed by atoms with Gasteiger partial charge in [-0.1, -0.05) is 66.7 Å². The van der Waals surface area contributed by atoms with E-state index in [0.29, 0.717) is 17.7 Å². The van der Waals surface area contributed by atoms with Crippen molar-refractivity contribution in [3.63, 3.8) is 0 Å². The van der Waals surface area contributed by atoms with Gasteiger partial charge in [-0.05, 0) is 34.9 Å². The molecule has 2 aromatic heterocycles. The number of carboxylic acid groups (broad SMARTS) is 1. The molecule has 1 fully saturated rings. The first-order valence-electron chi connectivity index (χ1n) is 13.5. The first-order valence-corrected chi connectivity index (χ1v) is 13.5. The number of aromatic nitrogens is 2. The highest BCUT2D eigenvalue weighted by Crippen LogP contribution is 2.38. The topological polar surface area (TPSA) is 116 Å². The second-order valence-electron chi connectivity index (χ2n) is 10.3. The number of benzene rings is 3. The number of aliphatic carboxylic acids is 1. The molecule has 3 N–H and O–H groups in total. The quantitative estimate of drug-likeness (QED) is 0.239. The van der Waals surface area contributed by atoms with Gasteiger partial charge in [-0.2, -0.15) is 0 Å². The number of hydrogen-bond donors (Lipinski definition) is 3. The third-order valence-electron chi connectivity index (χ3n) is 7.56. The van der Waals surface area contributed by atoms with E-state index in [1.165, 1.54) is 4.90 Å². The molecule has 0 spiro atoms. The first-order chi connectivity index (χ1) is 20.0. The lowest BCUT2D eigenvalue weighted by atomic mass is 9.98. The molecule has 0 radical (unpaired) electrons. The molecule has 2 atom stereocenters. The van der Waals surface area contributed by atoms with E-state index in [4.69, 9.17) is 4.74 Å². The summed E-state index contributed by atoms with van der Waals surface area (Å²) in [6.07, 6.45) is 3.48. The van der Waals surface area contributed by atoms with Crippen LogP contribution < -0.4 is 0 Å². The number of ether oxygens (including phenoxy) is 1. The molecule has 3 aromatic carbocycles. The van der Waals surface area contributed by atoms with Crippen molar-refractivity contribution in [2.45, 2.75) is 31.6 Å². The number of carboxylic acids is 1. The molecule has 3 heterocycles. The third-order valence-corrected chi connectivity index (χ3v) is 7.56. The molecule has 5 aromatic rings. The summed E-state index contributed by atoms with van der Waals surface area (Å²) in [6.45, 7) is 0.609. The molecule has 1 amide bonds. The van der Waals surface area contributed by atoms with Crippen molar-refractivity contribution in [2.24, 2.45) is 0 Å². The van der Waals surface area contributed by atoms with E-state index in [2.05, 4.69) is 9.97 Å². The van der Waals surface area contributed by atoms with E-state index >= 15 is 0 Å². The van der Waals surface area contributed by atoms with Crippen LogP contribution in [0, 0.1) is 0 Å². The third kappa shape index (κ3) is 5.55. The number of rotatable bonds is 8. The van der Waals surface area contributed by atoms with Crippen molar-refractivity contribution >= 4 is 22.8 Å². The maximum absolute atomic E-state index is 13.2. The number of hydrogen-bond acceptors (Lipinski definition) is 5. The Labute approximate surface area is 236 Å². The Kier molecular flexibility index (Phi) is 7.22. The van der Waals surface area contributed by atoms with Gasteiger partial charge >= 0.3 is 5.97 Å². The van der Waals surface area contributed by atoms with Crippen molar-refractivity contribution in [1.82, 2.24) is 14.9 Å². The van der Waals surface area contributed by atoms with Crippen molar-refractivity contribution in [3.8, 4) is 28.1 Å². The smallest absolute Gasteiger partial charge is 0.326 e. The molecular weight excluding hydrogens is 518 g/mol. The molecule has 0 saturated carbocycles. The van der Waals surface area contributed by atoms with Crippen molar-refractivity contribution in [3.05, 3.63) is 108 Å². The molecule has 2 unspecified atom stereocenters. The van der Waals surface area contributed by atoms with Crippen LogP contribution in [0.3, 0.4) is 0 Å². The number of phenols is 1. The number of nitrogens with one attached hydrogen (secondary N) is 1. The largest absolute Gasteiger partial charge is 0.507 e. The highest BCUT2D eigenvalue weighted by atomic mass is 16.5. The summed E-state index contributed by atoms with van der Waals surface area (Å²) in [7, 11) is 0. The number of nitrogens with zero attached hydrogens (tertiary/aromatic N) is 2. The Morgan fingerprint density at radius 3 is 2.49 bits per heavy atom. The second kappa shape index (κ2) is 11.3. The van der Waals surface area contributed by atoms with Crippen molar-refractivity contribution in [2.75, 3.05) is 6.54 Å². The fourth-order valence-electron chi connectivity index (χ4n) is 5.41. The summed E-state index contributed by atoms with van der Waals surface area (Å²) in [5.41, 5.74) is 5.63. The van der Waals surface area contributed by atoms with E-state index in [0.717, 1.165) is 33.3 Å². The minimum atomic E-state index is -1.03. The number of carbonyl (C=O) groups excluding carboxylic acids is 1. The van der Waals surface area contributed by atoms with Crippen molar-refractivity contribution < 1.29 is 24.5 Å². The number of pyridine rings is 1. The number of aromatic amines is 1. The van der Waals surface area contributed by atoms with Gasteiger partial charge in [0.15, 0.2) is 0 Å². The highest BCUT2D eigenvalue weighted by Gasteiger charge is 2.40. The van der Waals surface area contributed by atoms with Crippen LogP contribution in [0.15, 0.2) is 97.3 Å². The number of likely N-dealkylation sites (tertiary alicyclic amines) is 1. The van der Waals surface area contributed by atoms with Gasteiger partial charge in [0.05, 0.1) is 24.8 Å². The average molecular weight is 548 g/mol. The number of amides is 1. The SMILES string of the molecule is O=C(O)C1CC(OCc2ccccc2)CN1C(=O)Cc1ccc(-c2cccc(-c3cc4cnccc4[nH]3)c2O)cc1. The minimum absolute atomic E-state index is 0.0740. The second-order valence-corrected chi connectivity index (χ2v) is 10.3. The molecule has 8 heteroatoms. The van der Waals surface area contributed by atoms with E-state index in [-0.39, 0.29) is 37.1 Å². The Hall–Kier alpha value is -4.95. The van der Waals surface area contributed by atoms with E-state index in [1.807, 2.05) is 84.9 Å². The van der Waals surface area contributed by atoms with Crippen molar-refractivity contribution in [1.29, 1.82) is 0 Å². The lowest BCUT2D eigenvalue weighted by Gasteiger charge is -2.21. The van der Waals surface area contributed by atoms with E-state index in [1.54, 1.807) is 12.4 Å². The van der Waals surface area contributed by atoms with Crippen LogP contribution in [0.5, 0.6) is 5.75 Å². The Morgan fingerprint density at radius 2 is 1.73 bits per heavy atom. The maximum atomic E-state index is 13.2. The van der Waals surface area contributed by atoms with Gasteiger partial charge < -0.3 is 24.8 Å². The number of H-pyrrole nitrogens is 1. The van der Waals surface area contributed by atoms with Crippen LogP contribution in [0.25, 0.3) is 33.3 Å². The number of aromatic hydroxyl groups is 1. The molecule has 1 aliphatic rings. The molecule has 1 aliphatic heterocycles. The molecule has 41 heavy (non-hydrogen) atoms. The maximum Gasteiger partial charge on any atom is 0.326 e. The van der Waals surface area contributed by atoms with Crippen LogP contribution in [-0.2, 0) is 27.4 Å². The van der Waals surface area contributed by atoms with Gasteiger partial charge in [-0.3, -0.25) is 9.78 Å². The lowest BCUT2D eigenvalue weighted by molar-refractivity contribution is -0.148. The van der Waals surface area contributed by atoms with E-state index in [9.17, 15) is 19.8 Å². The zero-order valence-corrected chi connectivity index (χ0v) is 22.2. The zero-order chi connectivity index (χ0) is 28.3. The van der Waals surface area contributed by atoms with Gasteiger partial charge in [0, 0.05) is 47.4 Å². The molecule has 8 nitrogen and oxygen atoms in total. The van der Waals surface area contributed by atoms with Gasteiger partial charge in [0.2, 0.25) is 5.91 Å². The Balaban J connectivity index is 1.14. The summed E-state index contributed by atoms with van der Waals surface area (Å²) >= 11 is 0. The highest BCUT2D eigenvalue weighted by molar-refractivity contribution is 5.89. The summed E-state index contributed by atoms with van der Waals surface area (Å²) < 4.78 is 5.95.